The van der Waals surface area contributed by atoms with Gasteiger partial charge < -0.3 is 0 Å². The van der Waals surface area contributed by atoms with Crippen LogP contribution in [0.15, 0.2) is 89.4 Å². The molecule has 3 aromatic carbocycles. The fourth-order valence-corrected chi connectivity index (χ4v) is 6.22. The number of benzene rings is 3. The summed E-state index contributed by atoms with van der Waals surface area (Å²) in [6.07, 6.45) is 7.83. The number of rotatable bonds is 11. The highest BCUT2D eigenvalue weighted by Crippen LogP contribution is 2.46. The monoisotopic (exact) mass is 528 g/mol. The minimum absolute atomic E-state index is 0.407. The van der Waals surface area contributed by atoms with Crippen LogP contribution in [0.25, 0.3) is 0 Å². The fraction of sp³-hybridized carbons (Fsp3) is 0.406. The highest BCUT2D eigenvalue weighted by atomic mass is 79.9. The summed E-state index contributed by atoms with van der Waals surface area (Å²) in [4.78, 5) is 2.63. The molecule has 3 heteroatoms. The molecule has 1 aliphatic carbocycles. The van der Waals surface area contributed by atoms with E-state index in [2.05, 4.69) is 119 Å². The SMILES string of the molecule is CCC(CCC(C#N)(c1ccc(Br)cc1)C1CCCC1)N(Cc1ccccc1)Cc1ccccc1. The lowest BCUT2D eigenvalue weighted by Crippen LogP contribution is -2.38. The molecule has 182 valence electrons. The van der Waals surface area contributed by atoms with E-state index in [1.165, 1.54) is 29.5 Å². The molecule has 0 aromatic heterocycles. The van der Waals surface area contributed by atoms with E-state index in [4.69, 9.17) is 0 Å². The van der Waals surface area contributed by atoms with E-state index in [1.54, 1.807) is 0 Å². The number of nitriles is 1. The van der Waals surface area contributed by atoms with Crippen LogP contribution in [0.2, 0.25) is 0 Å². The van der Waals surface area contributed by atoms with Crippen molar-refractivity contribution in [2.24, 2.45) is 5.92 Å². The van der Waals surface area contributed by atoms with Gasteiger partial charge in [0.25, 0.3) is 0 Å². The molecule has 35 heavy (non-hydrogen) atoms. The summed E-state index contributed by atoms with van der Waals surface area (Å²) in [5.74, 6) is 0.447. The zero-order chi connectivity index (χ0) is 24.5. The fourth-order valence-electron chi connectivity index (χ4n) is 5.95. The normalized spacial score (nSPS) is 16.6. The average Bonchev–Trinajstić information content (AvgIpc) is 3.44. The first-order valence-corrected chi connectivity index (χ1v) is 13.9. The molecule has 2 unspecified atom stereocenters. The predicted molar refractivity (Wildman–Crippen MR) is 149 cm³/mol. The molecule has 0 spiro atoms. The molecule has 3 aromatic rings. The third-order valence-electron chi connectivity index (χ3n) is 7.93. The third kappa shape index (κ3) is 6.43. The van der Waals surface area contributed by atoms with Crippen molar-refractivity contribution in [2.75, 3.05) is 0 Å². The Hall–Kier alpha value is -2.41. The van der Waals surface area contributed by atoms with Crippen LogP contribution < -0.4 is 0 Å². The third-order valence-corrected chi connectivity index (χ3v) is 8.46. The summed E-state index contributed by atoms with van der Waals surface area (Å²) in [5.41, 5.74) is 3.48. The van der Waals surface area contributed by atoms with Gasteiger partial charge in [0.05, 0.1) is 11.5 Å². The Kier molecular flexibility index (Phi) is 9.18. The molecule has 0 aliphatic heterocycles. The molecule has 0 heterocycles. The molecule has 1 saturated carbocycles. The minimum atomic E-state index is -0.407. The molecule has 0 amide bonds. The van der Waals surface area contributed by atoms with Gasteiger partial charge in [0, 0.05) is 23.6 Å². The summed E-state index contributed by atoms with van der Waals surface area (Å²) >= 11 is 3.58. The molecule has 0 saturated heterocycles. The van der Waals surface area contributed by atoms with Crippen molar-refractivity contribution in [1.29, 1.82) is 5.26 Å². The predicted octanol–water partition coefficient (Wildman–Crippen LogP) is 8.66. The van der Waals surface area contributed by atoms with Gasteiger partial charge in [0.15, 0.2) is 0 Å². The van der Waals surface area contributed by atoms with Crippen molar-refractivity contribution in [3.05, 3.63) is 106 Å². The molecular formula is C32H37BrN2. The lowest BCUT2D eigenvalue weighted by atomic mass is 9.67. The van der Waals surface area contributed by atoms with Crippen molar-refractivity contribution in [3.8, 4) is 6.07 Å². The molecule has 2 atom stereocenters. The summed E-state index contributed by atoms with van der Waals surface area (Å²) in [6.45, 7) is 4.15. The summed E-state index contributed by atoms with van der Waals surface area (Å²) in [7, 11) is 0. The van der Waals surface area contributed by atoms with Gasteiger partial charge in [-0.05, 0) is 66.8 Å². The smallest absolute Gasteiger partial charge is 0.0851 e. The topological polar surface area (TPSA) is 27.0 Å². The Bertz CT molecular complexity index is 1030. The van der Waals surface area contributed by atoms with E-state index >= 15 is 0 Å². The number of halogens is 1. The molecule has 1 aliphatic rings. The van der Waals surface area contributed by atoms with Crippen LogP contribution in [-0.4, -0.2) is 10.9 Å². The van der Waals surface area contributed by atoms with Gasteiger partial charge in [-0.3, -0.25) is 4.90 Å². The van der Waals surface area contributed by atoms with E-state index < -0.39 is 5.41 Å². The van der Waals surface area contributed by atoms with Crippen molar-refractivity contribution >= 4 is 15.9 Å². The van der Waals surface area contributed by atoms with E-state index in [1.807, 2.05) is 0 Å². The van der Waals surface area contributed by atoms with Crippen molar-refractivity contribution in [1.82, 2.24) is 4.90 Å². The largest absolute Gasteiger partial charge is 0.292 e. The van der Waals surface area contributed by atoms with Gasteiger partial charge >= 0.3 is 0 Å². The zero-order valence-corrected chi connectivity index (χ0v) is 22.5. The first kappa shape index (κ1) is 25.7. The number of hydrogen-bond donors (Lipinski definition) is 0. The van der Waals surface area contributed by atoms with E-state index in [9.17, 15) is 5.26 Å². The molecular weight excluding hydrogens is 492 g/mol. The molecule has 2 nitrogen and oxygen atoms in total. The Morgan fingerprint density at radius 2 is 1.43 bits per heavy atom. The molecule has 0 N–H and O–H groups in total. The summed E-state index contributed by atoms with van der Waals surface area (Å²) in [6, 6.07) is 33.5. The van der Waals surface area contributed by atoms with E-state index in [0.29, 0.717) is 12.0 Å². The maximum atomic E-state index is 10.7. The van der Waals surface area contributed by atoms with Crippen LogP contribution in [0.4, 0.5) is 0 Å². The van der Waals surface area contributed by atoms with Gasteiger partial charge in [-0.2, -0.15) is 5.26 Å². The number of hydrogen-bond acceptors (Lipinski definition) is 2. The lowest BCUT2D eigenvalue weighted by Gasteiger charge is -2.37. The second-order valence-corrected chi connectivity index (χ2v) is 11.0. The number of nitrogens with zero attached hydrogens (tertiary/aromatic N) is 2. The van der Waals surface area contributed by atoms with Gasteiger partial charge in [-0.1, -0.05) is 108 Å². The van der Waals surface area contributed by atoms with E-state index in [0.717, 1.165) is 49.7 Å². The Labute approximate surface area is 220 Å². The van der Waals surface area contributed by atoms with Crippen LogP contribution >= 0.6 is 15.9 Å². The molecule has 0 bridgehead atoms. The molecule has 1 fully saturated rings. The lowest BCUT2D eigenvalue weighted by molar-refractivity contribution is 0.150. The standard InChI is InChI=1S/C32H37BrN2/c1-2-31(35(23-26-11-5-3-6-12-26)24-27-13-7-4-8-14-27)21-22-32(25-34,28-15-9-10-16-28)29-17-19-30(33)20-18-29/h3-8,11-14,17-20,28,31H,2,9-10,15-16,21-24H2,1H3. The summed E-state index contributed by atoms with van der Waals surface area (Å²) in [5, 5.41) is 10.7. The van der Waals surface area contributed by atoms with Gasteiger partial charge in [0.2, 0.25) is 0 Å². The maximum absolute atomic E-state index is 10.7. The quantitative estimate of drug-likeness (QED) is 0.249. The Morgan fingerprint density at radius 1 is 0.886 bits per heavy atom. The van der Waals surface area contributed by atoms with Crippen LogP contribution in [0.5, 0.6) is 0 Å². The van der Waals surface area contributed by atoms with Crippen LogP contribution in [0.3, 0.4) is 0 Å². The minimum Gasteiger partial charge on any atom is -0.292 e. The maximum Gasteiger partial charge on any atom is 0.0851 e. The van der Waals surface area contributed by atoms with Crippen molar-refractivity contribution in [3.63, 3.8) is 0 Å². The first-order chi connectivity index (χ1) is 17.1. The zero-order valence-electron chi connectivity index (χ0n) is 20.9. The average molecular weight is 530 g/mol. The second kappa shape index (κ2) is 12.5. The van der Waals surface area contributed by atoms with Gasteiger partial charge in [-0.25, -0.2) is 0 Å². The molecule has 0 radical (unpaired) electrons. The molecule has 4 rings (SSSR count). The highest BCUT2D eigenvalue weighted by molar-refractivity contribution is 9.10. The highest BCUT2D eigenvalue weighted by Gasteiger charge is 2.42. The van der Waals surface area contributed by atoms with Crippen LogP contribution in [-0.2, 0) is 18.5 Å². The van der Waals surface area contributed by atoms with Crippen molar-refractivity contribution in [2.45, 2.75) is 76.4 Å². The Morgan fingerprint density at radius 3 is 1.91 bits per heavy atom. The van der Waals surface area contributed by atoms with Crippen molar-refractivity contribution < 1.29 is 0 Å². The van der Waals surface area contributed by atoms with Crippen LogP contribution in [0, 0.1) is 17.2 Å². The Balaban J connectivity index is 1.60. The van der Waals surface area contributed by atoms with E-state index in [-0.39, 0.29) is 0 Å². The van der Waals surface area contributed by atoms with Gasteiger partial charge in [0.1, 0.15) is 0 Å². The summed E-state index contributed by atoms with van der Waals surface area (Å²) < 4.78 is 1.07. The second-order valence-electron chi connectivity index (χ2n) is 10.0. The van der Waals surface area contributed by atoms with Crippen LogP contribution in [0.1, 0.15) is 68.6 Å². The first-order valence-electron chi connectivity index (χ1n) is 13.1. The van der Waals surface area contributed by atoms with Gasteiger partial charge in [-0.15, -0.1) is 0 Å².